The zero-order valence-corrected chi connectivity index (χ0v) is 23.9. The molecule has 2 aliphatic rings. The summed E-state index contributed by atoms with van der Waals surface area (Å²) in [7, 11) is -1.19. The highest BCUT2D eigenvalue weighted by Gasteiger charge is 2.49. The van der Waals surface area contributed by atoms with Crippen molar-refractivity contribution in [1.82, 2.24) is 19.7 Å². The van der Waals surface area contributed by atoms with Crippen molar-refractivity contribution < 1.29 is 13.7 Å². The maximum absolute atomic E-state index is 14.2. The van der Waals surface area contributed by atoms with Gasteiger partial charge in [-0.15, -0.1) is 0 Å². The van der Waals surface area contributed by atoms with Crippen LogP contribution in [0.5, 0.6) is 0 Å². The van der Waals surface area contributed by atoms with Crippen LogP contribution >= 0.6 is 11.6 Å². The van der Waals surface area contributed by atoms with Gasteiger partial charge in [-0.05, 0) is 74.8 Å². The predicted molar refractivity (Wildman–Crippen MR) is 154 cm³/mol. The van der Waals surface area contributed by atoms with Crippen molar-refractivity contribution in [1.29, 1.82) is 0 Å². The summed E-state index contributed by atoms with van der Waals surface area (Å²) in [6.07, 6.45) is 8.97. The molecule has 1 saturated heterocycles. The molecule has 1 spiro atoms. The van der Waals surface area contributed by atoms with Crippen molar-refractivity contribution in [3.63, 3.8) is 0 Å². The summed E-state index contributed by atoms with van der Waals surface area (Å²) >= 11 is 5.77. The number of rotatable bonds is 6. The summed E-state index contributed by atoms with van der Waals surface area (Å²) in [5, 5.41) is 9.91. The summed E-state index contributed by atoms with van der Waals surface area (Å²) < 4.78 is 30.4. The molecule has 1 aliphatic carbocycles. The molecule has 39 heavy (non-hydrogen) atoms. The Balaban J connectivity index is 1.34. The number of piperidine rings is 1. The van der Waals surface area contributed by atoms with Crippen LogP contribution in [0.4, 0.5) is 10.2 Å². The molecule has 7 nitrogen and oxygen atoms in total. The lowest BCUT2D eigenvalue weighted by molar-refractivity contribution is 0.177. The Bertz CT molecular complexity index is 1420. The van der Waals surface area contributed by atoms with Gasteiger partial charge in [0, 0.05) is 24.8 Å². The number of nitrogens with one attached hydrogen (secondary N) is 1. The molecule has 2 aromatic heterocycles. The van der Waals surface area contributed by atoms with Gasteiger partial charge < -0.3 is 10.0 Å². The standard InChI is InChI=1S/C29H33ClFN5O2S/c1-28(2,3)39(38)35-25-22-7-5-4-6-20(22)16-29(25)11-14-36(15-12-29)27-23(18-37)34-21(17-33-27)9-8-19-10-13-32-26(30)24(19)31/h4-10,13,17,25,35,37H,11-12,14-16,18H2,1-3H3/b9-8+/t25-,39?/m1/s1. The van der Waals surface area contributed by atoms with Crippen molar-refractivity contribution in [2.45, 2.75) is 57.4 Å². The summed E-state index contributed by atoms with van der Waals surface area (Å²) in [5.74, 6) is 0.0544. The lowest BCUT2D eigenvalue weighted by Crippen LogP contribution is -2.48. The highest BCUT2D eigenvalue weighted by Crippen LogP contribution is 2.52. The second-order valence-electron chi connectivity index (χ2n) is 11.2. The predicted octanol–water partition coefficient (Wildman–Crippen LogP) is 5.26. The largest absolute Gasteiger partial charge is 0.390 e. The molecule has 10 heteroatoms. The van der Waals surface area contributed by atoms with Gasteiger partial charge in [0.15, 0.2) is 16.8 Å². The third-order valence-corrected chi connectivity index (χ3v) is 9.49. The zero-order chi connectivity index (χ0) is 27.8. The maximum atomic E-state index is 14.2. The molecule has 0 amide bonds. The molecule has 1 unspecified atom stereocenters. The highest BCUT2D eigenvalue weighted by molar-refractivity contribution is 7.84. The fourth-order valence-electron chi connectivity index (χ4n) is 5.51. The number of hydrogen-bond acceptors (Lipinski definition) is 6. The maximum Gasteiger partial charge on any atom is 0.167 e. The molecule has 3 heterocycles. The minimum absolute atomic E-state index is 0.00824. The Morgan fingerprint density at radius 3 is 2.67 bits per heavy atom. The minimum Gasteiger partial charge on any atom is -0.390 e. The van der Waals surface area contributed by atoms with Crippen molar-refractivity contribution in [3.8, 4) is 0 Å². The first-order chi connectivity index (χ1) is 18.6. The van der Waals surface area contributed by atoms with Gasteiger partial charge in [-0.2, -0.15) is 0 Å². The summed E-state index contributed by atoms with van der Waals surface area (Å²) in [5.41, 5.74) is 3.77. The van der Waals surface area contributed by atoms with Crippen LogP contribution in [0.15, 0.2) is 42.7 Å². The minimum atomic E-state index is -1.19. The van der Waals surface area contributed by atoms with Gasteiger partial charge in [0.2, 0.25) is 0 Å². The molecule has 0 radical (unpaired) electrons. The number of fused-ring (bicyclic) bond motifs is 1. The van der Waals surface area contributed by atoms with Crippen LogP contribution in [-0.2, 0) is 24.0 Å². The number of hydrogen-bond donors (Lipinski definition) is 2. The van der Waals surface area contributed by atoms with Gasteiger partial charge in [-0.25, -0.2) is 28.3 Å². The van der Waals surface area contributed by atoms with E-state index in [9.17, 15) is 13.7 Å². The molecule has 0 bridgehead atoms. The van der Waals surface area contributed by atoms with Crippen molar-refractivity contribution in [3.05, 3.63) is 81.8 Å². The average Bonchev–Trinajstić information content (AvgIpc) is 3.21. The molecular weight excluding hydrogens is 537 g/mol. The lowest BCUT2D eigenvalue weighted by atomic mass is 9.73. The molecule has 2 N–H and O–H groups in total. The molecule has 0 saturated carbocycles. The second kappa shape index (κ2) is 11.0. The van der Waals surface area contributed by atoms with Crippen LogP contribution in [0, 0.1) is 11.2 Å². The Morgan fingerprint density at radius 2 is 1.95 bits per heavy atom. The topological polar surface area (TPSA) is 91.2 Å². The molecule has 2 atom stereocenters. The number of aliphatic hydroxyl groups is 1. The SMILES string of the molecule is CC(C)(C)S(=O)N[C@@H]1c2ccccc2CC12CCN(c1ncc(/C=C/c3ccnc(Cl)c3F)nc1CO)CC2. The molecule has 206 valence electrons. The number of aromatic nitrogens is 3. The van der Waals surface area contributed by atoms with Crippen molar-refractivity contribution in [2.75, 3.05) is 18.0 Å². The van der Waals surface area contributed by atoms with E-state index in [1.165, 1.54) is 23.4 Å². The van der Waals surface area contributed by atoms with Gasteiger partial charge in [0.05, 0.1) is 40.3 Å². The number of benzene rings is 1. The fraction of sp³-hybridized carbons (Fsp3) is 0.414. The first-order valence-corrected chi connectivity index (χ1v) is 14.6. The van der Waals surface area contributed by atoms with E-state index in [0.29, 0.717) is 22.8 Å². The van der Waals surface area contributed by atoms with E-state index < -0.39 is 16.8 Å². The summed E-state index contributed by atoms with van der Waals surface area (Å²) in [4.78, 5) is 15.1. The number of anilines is 1. The van der Waals surface area contributed by atoms with E-state index in [-0.39, 0.29) is 28.0 Å². The molecule has 5 rings (SSSR count). The number of pyridine rings is 1. The third kappa shape index (κ3) is 5.63. The Morgan fingerprint density at radius 1 is 1.21 bits per heavy atom. The van der Waals surface area contributed by atoms with Gasteiger partial charge >= 0.3 is 0 Å². The smallest absolute Gasteiger partial charge is 0.167 e. The molecule has 1 aliphatic heterocycles. The van der Waals surface area contributed by atoms with Crippen molar-refractivity contribution in [2.24, 2.45) is 5.41 Å². The van der Waals surface area contributed by atoms with E-state index in [0.717, 1.165) is 32.4 Å². The zero-order valence-electron chi connectivity index (χ0n) is 22.3. The van der Waals surface area contributed by atoms with Crippen LogP contribution in [0.1, 0.15) is 67.7 Å². The van der Waals surface area contributed by atoms with E-state index in [4.69, 9.17) is 11.6 Å². The third-order valence-electron chi connectivity index (χ3n) is 7.66. The van der Waals surface area contributed by atoms with E-state index in [2.05, 4.69) is 48.8 Å². The van der Waals surface area contributed by atoms with Gasteiger partial charge in [0.1, 0.15) is 5.69 Å². The summed E-state index contributed by atoms with van der Waals surface area (Å²) in [6, 6.07) is 9.99. The molecular formula is C29H33ClFN5O2S. The Labute approximate surface area is 236 Å². The van der Waals surface area contributed by atoms with Gasteiger partial charge in [-0.1, -0.05) is 35.9 Å². The number of aliphatic hydroxyl groups excluding tert-OH is 1. The first-order valence-electron chi connectivity index (χ1n) is 13.1. The number of nitrogens with zero attached hydrogens (tertiary/aromatic N) is 4. The highest BCUT2D eigenvalue weighted by atomic mass is 35.5. The molecule has 1 aromatic carbocycles. The van der Waals surface area contributed by atoms with Crippen molar-refractivity contribution >= 4 is 40.6 Å². The Hall–Kier alpha value is -2.72. The van der Waals surface area contributed by atoms with E-state index in [1.54, 1.807) is 18.3 Å². The second-order valence-corrected chi connectivity index (χ2v) is 13.6. The molecule has 1 fully saturated rings. The van der Waals surface area contributed by atoms with Crippen LogP contribution in [-0.4, -0.2) is 42.1 Å². The summed E-state index contributed by atoms with van der Waals surface area (Å²) in [6.45, 7) is 7.19. The normalized spacial score (nSPS) is 19.5. The van der Waals surface area contributed by atoms with E-state index in [1.807, 2.05) is 20.8 Å². The van der Waals surface area contributed by atoms with E-state index >= 15 is 0 Å². The van der Waals surface area contributed by atoms with Gasteiger partial charge in [-0.3, -0.25) is 0 Å². The average molecular weight is 570 g/mol. The van der Waals surface area contributed by atoms with Crippen LogP contribution in [0.3, 0.4) is 0 Å². The lowest BCUT2D eigenvalue weighted by Gasteiger charge is -2.44. The molecule has 3 aromatic rings. The fourth-order valence-corrected chi connectivity index (χ4v) is 6.62. The number of halogens is 2. The van der Waals surface area contributed by atoms with Crippen LogP contribution in [0.25, 0.3) is 12.2 Å². The van der Waals surface area contributed by atoms with Crippen LogP contribution in [0.2, 0.25) is 5.15 Å². The van der Waals surface area contributed by atoms with Crippen LogP contribution < -0.4 is 9.62 Å². The quantitative estimate of drug-likeness (QED) is 0.393. The Kier molecular flexibility index (Phi) is 7.88. The van der Waals surface area contributed by atoms with Gasteiger partial charge in [0.25, 0.3) is 0 Å². The monoisotopic (exact) mass is 569 g/mol. The first kappa shape index (κ1) is 27.8.